The van der Waals surface area contributed by atoms with Crippen LogP contribution in [0.2, 0.25) is 0 Å². The van der Waals surface area contributed by atoms with E-state index < -0.39 is 0 Å². The second-order valence-electron chi connectivity index (χ2n) is 6.27. The van der Waals surface area contributed by atoms with E-state index in [1.54, 1.807) is 25.7 Å². The summed E-state index contributed by atoms with van der Waals surface area (Å²) in [6, 6.07) is 0. The van der Waals surface area contributed by atoms with E-state index in [4.69, 9.17) is 0 Å². The lowest BCUT2D eigenvalue weighted by atomic mass is 9.51. The molecule has 5 fully saturated rings. The summed E-state index contributed by atoms with van der Waals surface area (Å²) in [5.41, 5.74) is 0. The van der Waals surface area contributed by atoms with Gasteiger partial charge in [0.2, 0.25) is 0 Å². The summed E-state index contributed by atoms with van der Waals surface area (Å²) in [4.78, 5) is 0. The van der Waals surface area contributed by atoms with Crippen LogP contribution in [0.25, 0.3) is 0 Å². The zero-order valence-corrected chi connectivity index (χ0v) is 7.45. The second kappa shape index (κ2) is 1.40. The highest BCUT2D eigenvalue weighted by Crippen LogP contribution is 2.78. The van der Waals surface area contributed by atoms with Crippen molar-refractivity contribution in [3.8, 4) is 0 Å². The van der Waals surface area contributed by atoms with Gasteiger partial charge in [0.1, 0.15) is 0 Å². The topological polar surface area (TPSA) is 0 Å². The van der Waals surface area contributed by atoms with Gasteiger partial charge in [-0.2, -0.15) is 0 Å². The maximum atomic E-state index is 1.67. The Labute approximate surface area is 73.7 Å². The van der Waals surface area contributed by atoms with Crippen molar-refractivity contribution >= 4 is 0 Å². The highest BCUT2D eigenvalue weighted by Gasteiger charge is 2.71. The van der Waals surface area contributed by atoms with Crippen molar-refractivity contribution in [1.82, 2.24) is 0 Å². The summed E-state index contributed by atoms with van der Waals surface area (Å²) in [5, 5.41) is 0. The molecule has 64 valence electrons. The molecule has 0 nitrogen and oxygen atoms in total. The summed E-state index contributed by atoms with van der Waals surface area (Å²) in [6.45, 7) is 0. The van der Waals surface area contributed by atoms with E-state index in [9.17, 15) is 0 Å². The van der Waals surface area contributed by atoms with Gasteiger partial charge < -0.3 is 0 Å². The number of rotatable bonds is 0. The Morgan fingerprint density at radius 1 is 0.500 bits per heavy atom. The maximum Gasteiger partial charge on any atom is -0.0323 e. The van der Waals surface area contributed by atoms with E-state index in [1.165, 1.54) is 47.3 Å². The van der Waals surface area contributed by atoms with Crippen LogP contribution in [-0.4, -0.2) is 0 Å². The predicted molar refractivity (Wildman–Crippen MR) is 46.4 cm³/mol. The third-order valence-electron chi connectivity index (χ3n) is 6.47. The third kappa shape index (κ3) is 0.352. The molecule has 0 aromatic rings. The zero-order valence-electron chi connectivity index (χ0n) is 7.45. The van der Waals surface area contributed by atoms with Crippen LogP contribution in [-0.2, 0) is 0 Å². The molecule has 5 saturated carbocycles. The highest BCUT2D eigenvalue weighted by molar-refractivity contribution is 5.20. The first-order valence-corrected chi connectivity index (χ1v) is 5.93. The molecule has 0 aromatic carbocycles. The Kier molecular flexibility index (Phi) is 0.663. The first-order chi connectivity index (χ1) is 5.93. The molecule has 5 rings (SSSR count). The molecule has 0 aliphatic heterocycles. The van der Waals surface area contributed by atoms with Crippen molar-refractivity contribution in [1.29, 1.82) is 0 Å². The zero-order chi connectivity index (χ0) is 7.45. The first kappa shape index (κ1) is 5.67. The van der Waals surface area contributed by atoms with E-state index in [1.807, 2.05) is 0 Å². The minimum atomic E-state index is 1.23. The lowest BCUT2D eigenvalue weighted by molar-refractivity contribution is -0.0629. The van der Waals surface area contributed by atoms with Gasteiger partial charge in [0.15, 0.2) is 0 Å². The fourth-order valence-electron chi connectivity index (χ4n) is 6.33. The third-order valence-corrected chi connectivity index (χ3v) is 6.47. The van der Waals surface area contributed by atoms with E-state index in [0.29, 0.717) is 0 Å². The Hall–Kier alpha value is 0. The molecule has 4 unspecified atom stereocenters. The molecule has 4 bridgehead atoms. The molecular formula is C12H16. The molecule has 0 heteroatoms. The average Bonchev–Trinajstić information content (AvgIpc) is 2.22. The van der Waals surface area contributed by atoms with Crippen molar-refractivity contribution in [3.05, 3.63) is 0 Å². The molecular weight excluding hydrogens is 144 g/mol. The van der Waals surface area contributed by atoms with Crippen molar-refractivity contribution in [2.24, 2.45) is 47.3 Å². The highest BCUT2D eigenvalue weighted by atomic mass is 14.8. The quantitative estimate of drug-likeness (QED) is 0.511. The molecule has 0 spiro atoms. The fraction of sp³-hybridized carbons (Fsp3) is 1.00. The van der Waals surface area contributed by atoms with Crippen LogP contribution in [0.4, 0.5) is 0 Å². The van der Waals surface area contributed by atoms with Gasteiger partial charge in [-0.3, -0.25) is 0 Å². The molecule has 12 heavy (non-hydrogen) atoms. The van der Waals surface area contributed by atoms with E-state index in [-0.39, 0.29) is 0 Å². The number of hydrogen-bond donors (Lipinski definition) is 0. The summed E-state index contributed by atoms with van der Waals surface area (Å²) < 4.78 is 0. The van der Waals surface area contributed by atoms with Crippen LogP contribution in [0.3, 0.4) is 0 Å². The Balaban J connectivity index is 1.78. The van der Waals surface area contributed by atoms with Gasteiger partial charge >= 0.3 is 0 Å². The lowest BCUT2D eigenvalue weighted by Gasteiger charge is -2.54. The molecule has 0 heterocycles. The molecule has 5 aliphatic carbocycles. The van der Waals surface area contributed by atoms with Crippen molar-refractivity contribution < 1.29 is 0 Å². The second-order valence-corrected chi connectivity index (χ2v) is 6.27. The van der Waals surface area contributed by atoms with Gasteiger partial charge in [0.05, 0.1) is 0 Å². The van der Waals surface area contributed by atoms with Gasteiger partial charge in [-0.1, -0.05) is 0 Å². The standard InChI is InChI=1S/C12H16/c1-5-3-9-10-4-6-2-8(12(6)9)7(1)11(5)10/h5-12H,1-4H2. The Morgan fingerprint density at radius 3 is 1.17 bits per heavy atom. The fourth-order valence-corrected chi connectivity index (χ4v) is 6.33. The summed E-state index contributed by atoms with van der Waals surface area (Å²) >= 11 is 0. The van der Waals surface area contributed by atoms with E-state index >= 15 is 0 Å². The van der Waals surface area contributed by atoms with Gasteiger partial charge in [0, 0.05) is 0 Å². The predicted octanol–water partition coefficient (Wildman–Crippen LogP) is 2.54. The smallest absolute Gasteiger partial charge is 0.0323 e. The molecule has 0 N–H and O–H groups in total. The van der Waals surface area contributed by atoms with Crippen LogP contribution in [0, 0.1) is 47.3 Å². The van der Waals surface area contributed by atoms with Gasteiger partial charge in [-0.25, -0.2) is 0 Å². The van der Waals surface area contributed by atoms with Crippen LogP contribution < -0.4 is 0 Å². The molecule has 0 radical (unpaired) electrons. The van der Waals surface area contributed by atoms with Gasteiger partial charge in [0.25, 0.3) is 0 Å². The molecule has 5 aliphatic rings. The van der Waals surface area contributed by atoms with Crippen molar-refractivity contribution in [3.63, 3.8) is 0 Å². The van der Waals surface area contributed by atoms with Crippen molar-refractivity contribution in [2.45, 2.75) is 25.7 Å². The van der Waals surface area contributed by atoms with Crippen LogP contribution in [0.5, 0.6) is 0 Å². The van der Waals surface area contributed by atoms with Crippen molar-refractivity contribution in [2.75, 3.05) is 0 Å². The Morgan fingerprint density at radius 2 is 0.833 bits per heavy atom. The van der Waals surface area contributed by atoms with E-state index in [2.05, 4.69) is 0 Å². The normalized spacial score (nSPS) is 80.0. The first-order valence-electron chi connectivity index (χ1n) is 5.93. The SMILES string of the molecule is C1C2CC3C4CC5CC(C1C24)C53. The van der Waals surface area contributed by atoms with Crippen LogP contribution >= 0.6 is 0 Å². The monoisotopic (exact) mass is 160 g/mol. The minimum absolute atomic E-state index is 1.23. The average molecular weight is 160 g/mol. The summed E-state index contributed by atoms with van der Waals surface area (Å²) in [5.74, 6) is 10.0. The van der Waals surface area contributed by atoms with E-state index in [0.717, 1.165) is 0 Å². The molecule has 4 atom stereocenters. The minimum Gasteiger partial charge on any atom is -0.0467 e. The largest absolute Gasteiger partial charge is 0.0467 e. The van der Waals surface area contributed by atoms with Gasteiger partial charge in [-0.15, -0.1) is 0 Å². The van der Waals surface area contributed by atoms with Crippen LogP contribution in [0.1, 0.15) is 25.7 Å². The molecule has 0 saturated heterocycles. The summed E-state index contributed by atoms with van der Waals surface area (Å²) in [7, 11) is 0. The molecule has 0 aromatic heterocycles. The van der Waals surface area contributed by atoms with Gasteiger partial charge in [-0.05, 0) is 73.0 Å². The maximum absolute atomic E-state index is 1.67. The lowest BCUT2D eigenvalue weighted by Crippen LogP contribution is -2.49. The Bertz CT molecular complexity index is 237. The number of hydrogen-bond acceptors (Lipinski definition) is 0. The summed E-state index contributed by atoms with van der Waals surface area (Å²) in [6.07, 6.45) is 6.66. The molecule has 0 amide bonds. The van der Waals surface area contributed by atoms with Crippen LogP contribution in [0.15, 0.2) is 0 Å². The number of fused-ring (bicyclic) bond motifs is 1.